The Bertz CT molecular complexity index is 1100. The van der Waals surface area contributed by atoms with Crippen LogP contribution in [0.5, 0.6) is 0 Å². The number of aromatic nitrogens is 2. The summed E-state index contributed by atoms with van der Waals surface area (Å²) in [4.78, 5) is 25.2. The lowest BCUT2D eigenvalue weighted by Gasteiger charge is -2.31. The molecule has 0 saturated heterocycles. The molecule has 0 radical (unpaired) electrons. The minimum Gasteiger partial charge on any atom is -0.343 e. The van der Waals surface area contributed by atoms with Gasteiger partial charge in [0.25, 0.3) is 5.56 Å². The SMILES string of the molecule is O=C1CCCC2=C1[C@H](c1ccc(-c3ccccc3)cc1)c1c([nH][nH]c1=O)N2. The Hall–Kier alpha value is -3.34. The average Bonchev–Trinajstić information content (AvgIpc) is 3.08. The summed E-state index contributed by atoms with van der Waals surface area (Å²) >= 11 is 0. The minimum absolute atomic E-state index is 0.132. The molecule has 0 bridgehead atoms. The number of carbonyl (C=O) groups excluding carboxylic acids is 1. The van der Waals surface area contributed by atoms with Gasteiger partial charge < -0.3 is 5.32 Å². The maximum Gasteiger partial charge on any atom is 0.270 e. The Kier molecular flexibility index (Phi) is 3.60. The number of hydrogen-bond acceptors (Lipinski definition) is 3. The average molecular weight is 357 g/mol. The fraction of sp³-hybridized carbons (Fsp3) is 0.182. The second-order valence-corrected chi connectivity index (χ2v) is 7.08. The number of nitrogens with one attached hydrogen (secondary N) is 3. The van der Waals surface area contributed by atoms with Crippen molar-refractivity contribution < 1.29 is 4.79 Å². The molecule has 134 valence electrons. The normalized spacial score (nSPS) is 18.7. The highest BCUT2D eigenvalue weighted by atomic mass is 16.1. The van der Waals surface area contributed by atoms with Gasteiger partial charge >= 0.3 is 0 Å². The minimum atomic E-state index is -0.330. The third kappa shape index (κ3) is 2.54. The molecule has 5 rings (SSSR count). The molecule has 5 nitrogen and oxygen atoms in total. The molecule has 2 aromatic carbocycles. The number of hydrogen-bond donors (Lipinski definition) is 3. The fourth-order valence-electron chi connectivity index (χ4n) is 4.20. The first kappa shape index (κ1) is 15.9. The molecular formula is C22H19N3O2. The van der Waals surface area contributed by atoms with Crippen LogP contribution in [0.1, 0.15) is 36.3 Å². The zero-order valence-corrected chi connectivity index (χ0v) is 14.7. The van der Waals surface area contributed by atoms with E-state index in [1.54, 1.807) is 0 Å². The summed E-state index contributed by atoms with van der Waals surface area (Å²) in [6.07, 6.45) is 2.21. The Morgan fingerprint density at radius 3 is 2.33 bits per heavy atom. The lowest BCUT2D eigenvalue weighted by molar-refractivity contribution is -0.116. The molecule has 0 amide bonds. The van der Waals surface area contributed by atoms with Crippen LogP contribution in [0.25, 0.3) is 11.1 Å². The van der Waals surface area contributed by atoms with Gasteiger partial charge in [0.2, 0.25) is 0 Å². The smallest absolute Gasteiger partial charge is 0.270 e. The van der Waals surface area contributed by atoms with E-state index in [1.165, 1.54) is 0 Å². The number of allylic oxidation sites excluding steroid dienone is 2. The number of anilines is 1. The van der Waals surface area contributed by atoms with Crippen molar-refractivity contribution in [1.82, 2.24) is 10.2 Å². The number of Topliss-reactive ketones (excluding diaryl/α,β-unsaturated/α-hetero) is 1. The van der Waals surface area contributed by atoms with Gasteiger partial charge in [0.15, 0.2) is 5.78 Å². The first-order chi connectivity index (χ1) is 13.2. The molecule has 0 fully saturated rings. The van der Waals surface area contributed by atoms with Crippen molar-refractivity contribution in [3.63, 3.8) is 0 Å². The van der Waals surface area contributed by atoms with Crippen LogP contribution < -0.4 is 10.9 Å². The maximum absolute atomic E-state index is 12.7. The number of fused-ring (bicyclic) bond motifs is 1. The maximum atomic E-state index is 12.7. The van der Waals surface area contributed by atoms with Gasteiger partial charge in [-0.05, 0) is 29.5 Å². The van der Waals surface area contributed by atoms with Crippen LogP contribution in [-0.2, 0) is 4.79 Å². The summed E-state index contributed by atoms with van der Waals surface area (Å²) in [6, 6.07) is 18.3. The monoisotopic (exact) mass is 357 g/mol. The summed E-state index contributed by atoms with van der Waals surface area (Å²) in [6.45, 7) is 0. The highest BCUT2D eigenvalue weighted by molar-refractivity contribution is 6.00. The van der Waals surface area contributed by atoms with Gasteiger partial charge in [0.05, 0.1) is 5.56 Å². The van der Waals surface area contributed by atoms with Crippen molar-refractivity contribution in [2.24, 2.45) is 0 Å². The summed E-state index contributed by atoms with van der Waals surface area (Å²) in [7, 11) is 0. The van der Waals surface area contributed by atoms with Gasteiger partial charge in [-0.15, -0.1) is 0 Å². The van der Waals surface area contributed by atoms with Crippen LogP contribution in [0, 0.1) is 0 Å². The van der Waals surface area contributed by atoms with Crippen LogP contribution >= 0.6 is 0 Å². The van der Waals surface area contributed by atoms with E-state index in [1.807, 2.05) is 30.3 Å². The molecule has 5 heteroatoms. The molecule has 0 saturated carbocycles. The van der Waals surface area contributed by atoms with Crippen molar-refractivity contribution >= 4 is 11.6 Å². The molecule has 2 heterocycles. The van der Waals surface area contributed by atoms with Crippen molar-refractivity contribution in [2.45, 2.75) is 25.2 Å². The predicted molar refractivity (Wildman–Crippen MR) is 105 cm³/mol. The van der Waals surface area contributed by atoms with Crippen LogP contribution in [-0.4, -0.2) is 16.0 Å². The summed E-state index contributed by atoms with van der Waals surface area (Å²) in [5, 5.41) is 8.84. The molecule has 0 spiro atoms. The first-order valence-electron chi connectivity index (χ1n) is 9.21. The molecule has 1 atom stereocenters. The zero-order chi connectivity index (χ0) is 18.4. The van der Waals surface area contributed by atoms with Gasteiger partial charge in [0.1, 0.15) is 5.82 Å². The number of rotatable bonds is 2. The molecular weight excluding hydrogens is 338 g/mol. The Morgan fingerprint density at radius 2 is 1.56 bits per heavy atom. The zero-order valence-electron chi connectivity index (χ0n) is 14.7. The third-order valence-corrected chi connectivity index (χ3v) is 5.48. The highest BCUT2D eigenvalue weighted by Crippen LogP contribution is 2.43. The number of ketones is 1. The predicted octanol–water partition coefficient (Wildman–Crippen LogP) is 3.93. The lowest BCUT2D eigenvalue weighted by atomic mass is 9.76. The molecule has 1 aliphatic carbocycles. The van der Waals surface area contributed by atoms with E-state index in [4.69, 9.17) is 0 Å². The topological polar surface area (TPSA) is 77.8 Å². The largest absolute Gasteiger partial charge is 0.343 e. The Labute approximate surface area is 156 Å². The number of H-pyrrole nitrogens is 2. The van der Waals surface area contributed by atoms with E-state index in [0.29, 0.717) is 17.8 Å². The van der Waals surface area contributed by atoms with E-state index < -0.39 is 0 Å². The number of aromatic amines is 2. The van der Waals surface area contributed by atoms with Gasteiger partial charge in [-0.2, -0.15) is 0 Å². The molecule has 27 heavy (non-hydrogen) atoms. The molecule has 2 aliphatic rings. The Morgan fingerprint density at radius 1 is 0.815 bits per heavy atom. The van der Waals surface area contributed by atoms with Crippen LogP contribution in [0.3, 0.4) is 0 Å². The van der Waals surface area contributed by atoms with E-state index in [0.717, 1.165) is 40.8 Å². The second-order valence-electron chi connectivity index (χ2n) is 7.08. The highest BCUT2D eigenvalue weighted by Gasteiger charge is 2.37. The van der Waals surface area contributed by atoms with Gasteiger partial charge in [-0.25, -0.2) is 0 Å². The van der Waals surface area contributed by atoms with Gasteiger partial charge in [-0.3, -0.25) is 19.8 Å². The van der Waals surface area contributed by atoms with Gasteiger partial charge in [0, 0.05) is 23.6 Å². The van der Waals surface area contributed by atoms with Crippen molar-refractivity contribution in [1.29, 1.82) is 0 Å². The first-order valence-corrected chi connectivity index (χ1v) is 9.21. The van der Waals surface area contributed by atoms with E-state index in [-0.39, 0.29) is 17.3 Å². The van der Waals surface area contributed by atoms with E-state index >= 15 is 0 Å². The molecule has 3 aromatic rings. The molecule has 0 unspecified atom stereocenters. The second kappa shape index (κ2) is 6.13. The third-order valence-electron chi connectivity index (χ3n) is 5.48. The number of carbonyl (C=O) groups is 1. The summed E-state index contributed by atoms with van der Waals surface area (Å²) in [5.74, 6) is 0.474. The summed E-state index contributed by atoms with van der Waals surface area (Å²) < 4.78 is 0. The van der Waals surface area contributed by atoms with Crippen LogP contribution in [0.2, 0.25) is 0 Å². The lowest BCUT2D eigenvalue weighted by Crippen LogP contribution is -2.29. The fourth-order valence-corrected chi connectivity index (χ4v) is 4.20. The van der Waals surface area contributed by atoms with Crippen LogP contribution in [0.15, 0.2) is 70.7 Å². The molecule has 1 aliphatic heterocycles. The van der Waals surface area contributed by atoms with E-state index in [2.05, 4.69) is 39.8 Å². The van der Waals surface area contributed by atoms with Crippen LogP contribution in [0.4, 0.5) is 5.82 Å². The Balaban J connectivity index is 1.64. The summed E-state index contributed by atoms with van der Waals surface area (Å²) in [5.41, 5.74) is 5.31. The molecule has 1 aromatic heterocycles. The van der Waals surface area contributed by atoms with Crippen molar-refractivity contribution in [3.05, 3.63) is 87.3 Å². The quantitative estimate of drug-likeness (QED) is 0.650. The molecule has 3 N–H and O–H groups in total. The van der Waals surface area contributed by atoms with Crippen molar-refractivity contribution in [2.75, 3.05) is 5.32 Å². The van der Waals surface area contributed by atoms with Crippen molar-refractivity contribution in [3.8, 4) is 11.1 Å². The van der Waals surface area contributed by atoms with Gasteiger partial charge in [-0.1, -0.05) is 54.6 Å². The number of benzene rings is 2. The standard InChI is InChI=1S/C22H19N3O2/c26-17-8-4-7-16-19(17)18(20-21(23-16)24-25-22(20)27)15-11-9-14(10-12-15)13-5-2-1-3-6-13/h1-3,5-6,9-12,18H,4,7-8H2,(H3,23,24,25,27)/t18-/m0/s1. The van der Waals surface area contributed by atoms with E-state index in [9.17, 15) is 9.59 Å².